The number of halogens is 4. The molecule has 1 saturated heterocycles. The van der Waals surface area contributed by atoms with Crippen LogP contribution in [0.15, 0.2) is 0 Å². The highest BCUT2D eigenvalue weighted by Crippen LogP contribution is 2.29. The van der Waals surface area contributed by atoms with Gasteiger partial charge in [-0.15, -0.1) is 0 Å². The maximum absolute atomic E-state index is 12.9. The molecule has 1 N–H and O–H groups in total. The summed E-state index contributed by atoms with van der Waals surface area (Å²) in [7, 11) is 0. The first-order chi connectivity index (χ1) is 8.16. The number of carbonyl (C=O) groups is 2. The fourth-order valence-corrected chi connectivity index (χ4v) is 2.00. The molecule has 104 valence electrons. The number of carboxylic acid groups (broad SMARTS) is 1. The number of amides is 1. The number of aliphatic carboxylic acids is 1. The van der Waals surface area contributed by atoms with Crippen molar-refractivity contribution in [3.05, 3.63) is 0 Å². The molecule has 1 aliphatic rings. The third-order valence-electron chi connectivity index (χ3n) is 2.86. The van der Waals surface area contributed by atoms with E-state index in [4.69, 9.17) is 5.11 Å². The summed E-state index contributed by atoms with van der Waals surface area (Å²) in [4.78, 5) is 22.6. The van der Waals surface area contributed by atoms with Crippen LogP contribution < -0.4 is 0 Å². The number of alkyl halides is 4. The molecule has 0 aromatic heterocycles. The molecular weight excluding hydrogens is 258 g/mol. The fourth-order valence-electron chi connectivity index (χ4n) is 2.00. The van der Waals surface area contributed by atoms with Crippen molar-refractivity contribution in [1.29, 1.82) is 0 Å². The molecule has 2 atom stereocenters. The third kappa shape index (κ3) is 2.91. The zero-order chi connectivity index (χ0) is 14.1. The Labute approximate surface area is 101 Å². The second kappa shape index (κ2) is 5.11. The molecule has 0 spiro atoms. The van der Waals surface area contributed by atoms with Gasteiger partial charge in [0.05, 0.1) is 5.92 Å². The summed E-state index contributed by atoms with van der Waals surface area (Å²) in [5.41, 5.74) is 0. The predicted molar refractivity (Wildman–Crippen MR) is 52.4 cm³/mol. The summed E-state index contributed by atoms with van der Waals surface area (Å²) in [6, 6.07) is 0. The molecule has 0 radical (unpaired) electrons. The van der Waals surface area contributed by atoms with E-state index < -0.39 is 36.7 Å². The lowest BCUT2D eigenvalue weighted by Gasteiger charge is -2.36. The maximum atomic E-state index is 12.9. The highest BCUT2D eigenvalue weighted by molar-refractivity contribution is 5.84. The first-order valence-electron chi connectivity index (χ1n) is 5.34. The van der Waals surface area contributed by atoms with E-state index in [1.807, 2.05) is 0 Å². The average Bonchev–Trinajstić information content (AvgIpc) is 2.26. The van der Waals surface area contributed by atoms with Crippen molar-refractivity contribution in [3.8, 4) is 0 Å². The molecule has 1 aliphatic heterocycles. The van der Waals surface area contributed by atoms with Crippen LogP contribution in [0, 0.1) is 11.8 Å². The molecule has 1 rings (SSSR count). The Bertz CT molecular complexity index is 348. The van der Waals surface area contributed by atoms with Crippen LogP contribution in [0.1, 0.15) is 13.3 Å². The third-order valence-corrected chi connectivity index (χ3v) is 2.86. The van der Waals surface area contributed by atoms with Gasteiger partial charge in [-0.25, -0.2) is 8.78 Å². The topological polar surface area (TPSA) is 57.6 Å². The van der Waals surface area contributed by atoms with Crippen LogP contribution in [0.3, 0.4) is 0 Å². The van der Waals surface area contributed by atoms with Crippen molar-refractivity contribution in [2.45, 2.75) is 25.7 Å². The molecule has 2 unspecified atom stereocenters. The lowest BCUT2D eigenvalue weighted by Crippen LogP contribution is -2.53. The highest BCUT2D eigenvalue weighted by atomic mass is 19.3. The zero-order valence-corrected chi connectivity index (χ0v) is 9.58. The number of hydrogen-bond acceptors (Lipinski definition) is 2. The lowest BCUT2D eigenvalue weighted by molar-refractivity contribution is -0.183. The number of piperidine rings is 1. The van der Waals surface area contributed by atoms with E-state index in [1.165, 1.54) is 0 Å². The lowest BCUT2D eigenvalue weighted by atomic mass is 9.90. The van der Waals surface area contributed by atoms with E-state index in [1.54, 1.807) is 6.92 Å². The second-order valence-electron chi connectivity index (χ2n) is 4.51. The zero-order valence-electron chi connectivity index (χ0n) is 9.58. The van der Waals surface area contributed by atoms with E-state index in [0.29, 0.717) is 4.90 Å². The minimum Gasteiger partial charge on any atom is -0.481 e. The Kier molecular flexibility index (Phi) is 4.18. The van der Waals surface area contributed by atoms with Crippen LogP contribution in [0.4, 0.5) is 17.6 Å². The molecule has 18 heavy (non-hydrogen) atoms. The molecule has 1 amide bonds. The van der Waals surface area contributed by atoms with Crippen LogP contribution in [0.5, 0.6) is 0 Å². The van der Waals surface area contributed by atoms with E-state index in [-0.39, 0.29) is 18.9 Å². The highest BCUT2D eigenvalue weighted by Gasteiger charge is 2.52. The normalized spacial score (nSPS) is 25.3. The molecule has 1 heterocycles. The Morgan fingerprint density at radius 1 is 1.33 bits per heavy atom. The molecule has 0 aromatic rings. The van der Waals surface area contributed by atoms with Gasteiger partial charge in [0.2, 0.25) is 0 Å². The number of carbonyl (C=O) groups excluding carboxylic acids is 1. The van der Waals surface area contributed by atoms with Crippen molar-refractivity contribution in [1.82, 2.24) is 4.90 Å². The largest absolute Gasteiger partial charge is 0.481 e. The summed E-state index contributed by atoms with van der Waals surface area (Å²) in [5, 5.41) is 8.79. The number of nitrogens with zero attached hydrogens (tertiary/aromatic N) is 1. The Balaban J connectivity index is 2.83. The van der Waals surface area contributed by atoms with Gasteiger partial charge < -0.3 is 10.0 Å². The van der Waals surface area contributed by atoms with Gasteiger partial charge >= 0.3 is 18.3 Å². The first kappa shape index (κ1) is 14.7. The number of likely N-dealkylation sites (tertiary alicyclic amines) is 1. The standard InChI is InChI=1S/C10H13F4NO3/c1-5-2-6(7(16)17)4-15(3-5)9(18)10(13,14)8(11)12/h5-6,8H,2-4H2,1H3,(H,16,17). The van der Waals surface area contributed by atoms with E-state index in [9.17, 15) is 27.2 Å². The van der Waals surface area contributed by atoms with Gasteiger partial charge in [-0.05, 0) is 12.3 Å². The monoisotopic (exact) mass is 271 g/mol. The average molecular weight is 271 g/mol. The summed E-state index contributed by atoms with van der Waals surface area (Å²) in [6.07, 6.45) is -3.86. The van der Waals surface area contributed by atoms with Crippen molar-refractivity contribution in [2.24, 2.45) is 11.8 Å². The van der Waals surface area contributed by atoms with Crippen molar-refractivity contribution in [2.75, 3.05) is 13.1 Å². The van der Waals surface area contributed by atoms with Gasteiger partial charge in [0, 0.05) is 13.1 Å². The SMILES string of the molecule is CC1CC(C(=O)O)CN(C(=O)C(F)(F)C(F)F)C1. The smallest absolute Gasteiger partial charge is 0.383 e. The molecule has 1 fully saturated rings. The molecule has 4 nitrogen and oxygen atoms in total. The molecule has 0 saturated carbocycles. The predicted octanol–water partition coefficient (Wildman–Crippen LogP) is 1.46. The van der Waals surface area contributed by atoms with Crippen LogP contribution in [-0.2, 0) is 9.59 Å². The van der Waals surface area contributed by atoms with Crippen LogP contribution in [-0.4, -0.2) is 47.3 Å². The molecule has 0 bridgehead atoms. The molecule has 0 aromatic carbocycles. The summed E-state index contributed by atoms with van der Waals surface area (Å²) in [5.74, 6) is -9.31. The van der Waals surface area contributed by atoms with Crippen LogP contribution in [0.2, 0.25) is 0 Å². The van der Waals surface area contributed by atoms with Crippen molar-refractivity contribution < 1.29 is 32.3 Å². The fraction of sp³-hybridized carbons (Fsp3) is 0.800. The van der Waals surface area contributed by atoms with Crippen molar-refractivity contribution >= 4 is 11.9 Å². The summed E-state index contributed by atoms with van der Waals surface area (Å²) < 4.78 is 49.9. The minimum absolute atomic E-state index is 0.134. The number of carboxylic acids is 1. The van der Waals surface area contributed by atoms with Gasteiger partial charge in [-0.2, -0.15) is 8.78 Å². The summed E-state index contributed by atoms with van der Waals surface area (Å²) in [6.45, 7) is 0.988. The van der Waals surface area contributed by atoms with E-state index >= 15 is 0 Å². The van der Waals surface area contributed by atoms with Gasteiger partial charge in [-0.1, -0.05) is 6.92 Å². The van der Waals surface area contributed by atoms with E-state index in [2.05, 4.69) is 0 Å². The van der Waals surface area contributed by atoms with Gasteiger partial charge in [0.25, 0.3) is 5.91 Å². The molecule has 8 heteroatoms. The van der Waals surface area contributed by atoms with Crippen LogP contribution in [0.25, 0.3) is 0 Å². The van der Waals surface area contributed by atoms with Gasteiger partial charge in [0.1, 0.15) is 0 Å². The number of hydrogen-bond donors (Lipinski definition) is 1. The molecular formula is C10H13F4NO3. The second-order valence-corrected chi connectivity index (χ2v) is 4.51. The Hall–Kier alpha value is -1.34. The Morgan fingerprint density at radius 3 is 2.33 bits per heavy atom. The quantitative estimate of drug-likeness (QED) is 0.790. The van der Waals surface area contributed by atoms with Crippen molar-refractivity contribution in [3.63, 3.8) is 0 Å². The van der Waals surface area contributed by atoms with Crippen LogP contribution >= 0.6 is 0 Å². The Morgan fingerprint density at radius 2 is 1.89 bits per heavy atom. The molecule has 0 aliphatic carbocycles. The maximum Gasteiger partial charge on any atom is 0.383 e. The first-order valence-corrected chi connectivity index (χ1v) is 5.34. The van der Waals surface area contributed by atoms with Gasteiger partial charge in [0.15, 0.2) is 0 Å². The van der Waals surface area contributed by atoms with Gasteiger partial charge in [-0.3, -0.25) is 9.59 Å². The van der Waals surface area contributed by atoms with E-state index in [0.717, 1.165) is 0 Å². The summed E-state index contributed by atoms with van der Waals surface area (Å²) >= 11 is 0. The minimum atomic E-state index is -4.76. The number of rotatable bonds is 3.